The molecule has 0 aliphatic carbocycles. The molecule has 0 aromatic heterocycles. The number of carboxylic acid groups (broad SMARTS) is 1. The average Bonchev–Trinajstić information content (AvgIpc) is 1.60. The Balaban J connectivity index is 3.99. The molecule has 0 aliphatic heterocycles. The number of hydrogen-bond donors (Lipinski definition) is 2. The van der Waals surface area contributed by atoms with Gasteiger partial charge in [0.05, 0.1) is 6.42 Å². The van der Waals surface area contributed by atoms with Gasteiger partial charge in [-0.2, -0.15) is 0 Å². The molecule has 0 unspecified atom stereocenters. The van der Waals surface area contributed by atoms with Crippen LogP contribution in [0.2, 0.25) is 2.82 Å². The molecule has 3 N–H and O–H groups in total. The number of aliphatic carboxylic acids is 1. The molecule has 3 nitrogen and oxygen atoms in total. The van der Waals surface area contributed by atoms with E-state index >= 15 is 0 Å². The maximum absolute atomic E-state index is 9.89. The van der Waals surface area contributed by atoms with Gasteiger partial charge in [-0.15, -0.1) is 0 Å². The summed E-state index contributed by atoms with van der Waals surface area (Å²) in [5.74, 6) is -1.37. The number of rotatable bonds is 3. The van der Waals surface area contributed by atoms with Crippen molar-refractivity contribution in [2.24, 2.45) is 5.72 Å². The summed E-state index contributed by atoms with van der Waals surface area (Å²) in [4.78, 5) is 9.89. The number of carboxylic acids is 1. The first-order valence-electron chi connectivity index (χ1n) is 3.25. The molecule has 3 heteroatoms. The molecular formula is C3H7NO2. The lowest BCUT2D eigenvalue weighted by Gasteiger charge is -1.80. The number of carbonyl (C=O) groups is 1. The van der Waals surface area contributed by atoms with E-state index in [4.69, 9.17) is 10.7 Å². The van der Waals surface area contributed by atoms with Crippen molar-refractivity contribution in [2.45, 2.75) is 6.42 Å². The summed E-state index contributed by atoms with van der Waals surface area (Å²) in [6.45, 7) is -2.41. The van der Waals surface area contributed by atoms with Crippen molar-refractivity contribution in [1.29, 1.82) is 0 Å². The van der Waals surface area contributed by atoms with E-state index < -0.39 is 18.9 Å². The first-order chi connectivity index (χ1) is 4.36. The first-order valence-corrected chi connectivity index (χ1v) is 1.36. The fraction of sp³-hybridized carbons (Fsp3) is 0.667. The lowest BCUT2D eigenvalue weighted by molar-refractivity contribution is -0.136. The fourth-order valence-electron chi connectivity index (χ4n) is 0.0676. The van der Waals surface area contributed by atoms with Crippen LogP contribution in [-0.2, 0) is 4.79 Å². The third kappa shape index (κ3) is 3.43. The number of nitrogens with two attached hydrogens (primary N) is 1. The Bertz CT molecular complexity index is 136. The van der Waals surface area contributed by atoms with E-state index in [0.29, 0.717) is 0 Å². The molecule has 6 heavy (non-hydrogen) atoms. The molecular weight excluding hydrogens is 82.0 g/mol. The Hall–Kier alpha value is -0.570. The van der Waals surface area contributed by atoms with Gasteiger partial charge in [-0.25, -0.2) is 0 Å². The Morgan fingerprint density at radius 1 is 2.33 bits per heavy atom. The zero-order valence-electron chi connectivity index (χ0n) is 7.01. The van der Waals surface area contributed by atoms with Crippen molar-refractivity contribution < 1.29 is 15.5 Å². The molecule has 0 amide bonds. The minimum absolute atomic E-state index is 0.263. The van der Waals surface area contributed by atoms with E-state index in [-0.39, 0.29) is 5.72 Å². The third-order valence-corrected chi connectivity index (χ3v) is 0.230. The van der Waals surface area contributed by atoms with Crippen molar-refractivity contribution in [3.05, 3.63) is 0 Å². The number of hydrogen-bond acceptors (Lipinski definition) is 2. The van der Waals surface area contributed by atoms with E-state index in [2.05, 4.69) is 0 Å². The predicted octanol–water partition coefficient (Wildman–Crippen LogP) is -0.580. The van der Waals surface area contributed by atoms with E-state index in [1.807, 2.05) is 0 Å². The van der Waals surface area contributed by atoms with Crippen molar-refractivity contribution in [3.8, 4) is 0 Å². The summed E-state index contributed by atoms with van der Waals surface area (Å²) in [6.07, 6.45) is -0.861. The van der Waals surface area contributed by atoms with E-state index in [1.165, 1.54) is 0 Å². The Labute approximate surface area is 41.5 Å². The van der Waals surface area contributed by atoms with Gasteiger partial charge >= 0.3 is 5.97 Å². The lowest BCUT2D eigenvalue weighted by atomic mass is 10.5. The second kappa shape index (κ2) is 2.66. The Morgan fingerprint density at radius 2 is 3.00 bits per heavy atom. The van der Waals surface area contributed by atoms with Gasteiger partial charge in [-0.3, -0.25) is 4.79 Å². The van der Waals surface area contributed by atoms with Crippen LogP contribution >= 0.6 is 0 Å². The largest absolute Gasteiger partial charge is 0.481 e. The predicted molar refractivity (Wildman–Crippen MR) is 21.3 cm³/mol. The van der Waals surface area contributed by atoms with Gasteiger partial charge in [-0.05, 0) is 0 Å². The van der Waals surface area contributed by atoms with Crippen LogP contribution < -0.4 is 5.72 Å². The third-order valence-electron chi connectivity index (χ3n) is 0.230. The minimum Gasteiger partial charge on any atom is -0.481 e. The zero-order chi connectivity index (χ0) is 8.36. The minimum atomic E-state index is -2.41. The molecule has 0 heterocycles. The van der Waals surface area contributed by atoms with Crippen molar-refractivity contribution >= 4 is 5.97 Å². The normalized spacial score (nSPS) is 20.8. The van der Waals surface area contributed by atoms with Crippen LogP contribution in [0.4, 0.5) is 0 Å². The lowest BCUT2D eigenvalue weighted by Crippen LogP contribution is -2.05. The summed E-state index contributed by atoms with van der Waals surface area (Å²) in [5.41, 5.74) is -0.263. The second-order valence-electron chi connectivity index (χ2n) is 0.729. The average molecular weight is 93.1 g/mol. The van der Waals surface area contributed by atoms with Crippen LogP contribution in [0.25, 0.3) is 0 Å². The first kappa shape index (κ1) is 1.50. The van der Waals surface area contributed by atoms with E-state index in [9.17, 15) is 4.79 Å². The molecule has 0 bridgehead atoms. The quantitative estimate of drug-likeness (QED) is 0.490. The van der Waals surface area contributed by atoms with Crippen molar-refractivity contribution in [3.63, 3.8) is 0 Å². The van der Waals surface area contributed by atoms with Gasteiger partial charge in [0.15, 0.2) is 0 Å². The van der Waals surface area contributed by atoms with Crippen LogP contribution in [0.15, 0.2) is 0 Å². The van der Waals surface area contributed by atoms with Crippen molar-refractivity contribution in [2.75, 3.05) is 6.50 Å². The van der Waals surface area contributed by atoms with E-state index in [0.717, 1.165) is 0 Å². The van der Waals surface area contributed by atoms with Gasteiger partial charge in [0.2, 0.25) is 0 Å². The van der Waals surface area contributed by atoms with Gasteiger partial charge in [-0.1, -0.05) is 0 Å². The highest BCUT2D eigenvalue weighted by Gasteiger charge is 1.87. The second-order valence-corrected chi connectivity index (χ2v) is 0.729. The highest BCUT2D eigenvalue weighted by atomic mass is 16.4. The molecule has 0 saturated carbocycles. The monoisotopic (exact) mass is 93.1 g/mol. The summed E-state index contributed by atoms with van der Waals surface area (Å²) >= 11 is 0. The topological polar surface area (TPSA) is 63.3 Å². The molecule has 0 saturated heterocycles. The molecule has 0 aromatic rings. The molecule has 0 aliphatic rings. The molecule has 0 radical (unpaired) electrons. The summed E-state index contributed by atoms with van der Waals surface area (Å²) in [5, 5.41) is 8.06. The Kier molecular flexibility index (Phi) is 0.664. The SMILES string of the molecule is [2H]N([2H])C([2H])([2H])CC(=O)O. The van der Waals surface area contributed by atoms with Gasteiger partial charge in [0.1, 0.15) is 2.82 Å². The zero-order valence-corrected chi connectivity index (χ0v) is 3.01. The van der Waals surface area contributed by atoms with Gasteiger partial charge in [0.25, 0.3) is 0 Å². The standard InChI is InChI=1S/C3H7NO2/c4-2-1-3(5)6/h1-2,4H2,(H,5,6)/i2D2/hD2. The highest BCUT2D eigenvalue weighted by Crippen LogP contribution is 1.67. The van der Waals surface area contributed by atoms with Crippen LogP contribution in [0.5, 0.6) is 0 Å². The summed E-state index contributed by atoms with van der Waals surface area (Å²) < 4.78 is 26.4. The summed E-state index contributed by atoms with van der Waals surface area (Å²) in [6, 6.07) is 0. The highest BCUT2D eigenvalue weighted by molar-refractivity contribution is 5.66. The molecule has 0 atom stereocenters. The van der Waals surface area contributed by atoms with Crippen LogP contribution in [0.1, 0.15) is 9.16 Å². The smallest absolute Gasteiger partial charge is 0.304 e. The molecule has 0 rings (SSSR count). The maximum atomic E-state index is 9.89. The van der Waals surface area contributed by atoms with Crippen LogP contribution in [0, 0.1) is 0 Å². The van der Waals surface area contributed by atoms with Crippen LogP contribution in [-0.4, -0.2) is 17.6 Å². The van der Waals surface area contributed by atoms with Crippen molar-refractivity contribution in [1.82, 2.24) is 0 Å². The molecule has 36 valence electrons. The van der Waals surface area contributed by atoms with Crippen LogP contribution in [0.3, 0.4) is 0 Å². The molecule has 0 fully saturated rings. The van der Waals surface area contributed by atoms with Gasteiger partial charge in [0, 0.05) is 9.24 Å². The van der Waals surface area contributed by atoms with E-state index in [1.54, 1.807) is 0 Å². The molecule has 0 spiro atoms. The maximum Gasteiger partial charge on any atom is 0.304 e. The molecule has 0 aromatic carbocycles. The fourth-order valence-corrected chi connectivity index (χ4v) is 0.0676. The van der Waals surface area contributed by atoms with Gasteiger partial charge < -0.3 is 10.8 Å². The summed E-state index contributed by atoms with van der Waals surface area (Å²) in [7, 11) is 0. The Morgan fingerprint density at radius 3 is 3.17 bits per heavy atom.